The van der Waals surface area contributed by atoms with E-state index in [-0.39, 0.29) is 28.3 Å². The van der Waals surface area contributed by atoms with Crippen LogP contribution in [0.15, 0.2) is 35.5 Å². The number of benzene rings is 1. The Morgan fingerprint density at radius 1 is 1.09 bits per heavy atom. The summed E-state index contributed by atoms with van der Waals surface area (Å²) in [5.74, 6) is -2.51. The Bertz CT molecular complexity index is 1190. The fourth-order valence-electron chi connectivity index (χ4n) is 5.82. The molecule has 1 heterocycles. The molecule has 0 saturated heterocycles. The number of pyridine rings is 1. The molecular weight excluding hydrogens is 476 g/mol. The number of sulfonamides is 1. The second-order valence-electron chi connectivity index (χ2n) is 9.59. The molecule has 2 fully saturated rings. The zero-order valence-electron chi connectivity index (χ0n) is 19.7. The third-order valence-corrected chi connectivity index (χ3v) is 8.33. The summed E-state index contributed by atoms with van der Waals surface area (Å²) >= 11 is 0. The number of primary sulfonamides is 1. The number of halogens is 2. The van der Waals surface area contributed by atoms with Crippen LogP contribution in [0.4, 0.5) is 14.5 Å². The van der Waals surface area contributed by atoms with E-state index < -0.39 is 27.6 Å². The van der Waals surface area contributed by atoms with E-state index in [0.717, 1.165) is 25.3 Å². The molecule has 1 aromatic heterocycles. The van der Waals surface area contributed by atoms with Crippen LogP contribution in [-0.2, 0) is 14.8 Å². The van der Waals surface area contributed by atoms with Gasteiger partial charge in [-0.15, -0.1) is 0 Å². The van der Waals surface area contributed by atoms with Crippen LogP contribution in [0.25, 0.3) is 0 Å². The maximum Gasteiger partial charge on any atom is 0.255 e. The van der Waals surface area contributed by atoms with Crippen molar-refractivity contribution in [3.63, 3.8) is 0 Å². The molecule has 3 N–H and O–H groups in total. The Hall–Kier alpha value is -2.59. The molecule has 35 heavy (non-hydrogen) atoms. The molecule has 2 aromatic rings. The minimum absolute atomic E-state index is 0.169. The molecule has 3 unspecified atom stereocenters. The van der Waals surface area contributed by atoms with Gasteiger partial charge in [0.05, 0.1) is 7.11 Å². The van der Waals surface area contributed by atoms with Crippen molar-refractivity contribution in [3.8, 4) is 5.75 Å². The molecule has 1 amide bonds. The summed E-state index contributed by atoms with van der Waals surface area (Å²) in [5.41, 5.74) is 0.728. The van der Waals surface area contributed by atoms with Crippen molar-refractivity contribution >= 4 is 21.6 Å². The summed E-state index contributed by atoms with van der Waals surface area (Å²) < 4.78 is 57.1. The van der Waals surface area contributed by atoms with Crippen LogP contribution in [0.1, 0.15) is 62.8 Å². The number of hydrogen-bond donors (Lipinski definition) is 2. The fraction of sp³-hybridized carbons (Fsp3) is 0.520. The van der Waals surface area contributed by atoms with E-state index in [4.69, 9.17) is 9.88 Å². The van der Waals surface area contributed by atoms with Crippen LogP contribution in [0.3, 0.4) is 0 Å². The van der Waals surface area contributed by atoms with Crippen LogP contribution in [-0.4, -0.2) is 26.4 Å². The van der Waals surface area contributed by atoms with Crippen LogP contribution < -0.4 is 15.2 Å². The van der Waals surface area contributed by atoms with Crippen molar-refractivity contribution in [2.45, 2.75) is 62.3 Å². The highest BCUT2D eigenvalue weighted by Gasteiger charge is 2.40. The average molecular weight is 508 g/mol. The largest absolute Gasteiger partial charge is 0.493 e. The van der Waals surface area contributed by atoms with Crippen LogP contribution >= 0.6 is 0 Å². The summed E-state index contributed by atoms with van der Waals surface area (Å²) in [5, 5.41) is 7.58. The number of rotatable bonds is 6. The fourth-order valence-corrected chi connectivity index (χ4v) is 6.32. The van der Waals surface area contributed by atoms with E-state index >= 15 is 0 Å². The minimum atomic E-state index is -4.03. The van der Waals surface area contributed by atoms with Gasteiger partial charge in [-0.05, 0) is 49.1 Å². The summed E-state index contributed by atoms with van der Waals surface area (Å²) in [4.78, 5) is 17.2. The molecule has 7 nitrogen and oxygen atoms in total. The Balaban J connectivity index is 1.64. The van der Waals surface area contributed by atoms with Crippen molar-refractivity contribution in [2.24, 2.45) is 22.9 Å². The second kappa shape index (κ2) is 10.6. The highest BCUT2D eigenvalue weighted by atomic mass is 32.2. The van der Waals surface area contributed by atoms with E-state index in [1.165, 1.54) is 50.8 Å². The Morgan fingerprint density at radius 3 is 2.51 bits per heavy atom. The highest BCUT2D eigenvalue weighted by Crippen LogP contribution is 2.49. The first-order valence-electron chi connectivity index (χ1n) is 12.0. The lowest BCUT2D eigenvalue weighted by molar-refractivity contribution is -0.122. The molecule has 2 aliphatic rings. The van der Waals surface area contributed by atoms with Crippen LogP contribution in [0.2, 0.25) is 0 Å². The van der Waals surface area contributed by atoms with Gasteiger partial charge in [-0.3, -0.25) is 4.79 Å². The molecule has 0 aliphatic heterocycles. The maximum absolute atomic E-state index is 14.6. The molecule has 0 bridgehead atoms. The molecule has 2 aliphatic carbocycles. The van der Waals surface area contributed by atoms with Crippen molar-refractivity contribution in [3.05, 3.63) is 47.7 Å². The van der Waals surface area contributed by atoms with E-state index in [9.17, 15) is 22.0 Å². The normalized spacial score (nSPS) is 23.6. The number of hydrogen-bond acceptors (Lipinski definition) is 5. The third kappa shape index (κ3) is 5.64. The Morgan fingerprint density at radius 2 is 1.83 bits per heavy atom. The summed E-state index contributed by atoms with van der Waals surface area (Å²) in [6, 6.07) is 5.27. The number of carbonyl (C=O) groups is 1. The summed E-state index contributed by atoms with van der Waals surface area (Å²) in [6.07, 6.45) is 9.29. The van der Waals surface area contributed by atoms with E-state index in [0.29, 0.717) is 30.2 Å². The SMILES string of the molecule is COc1c(C2CC(C3CCCCC3)CCC2C(=O)Nc2ccnc(S(N)(=O)=O)c2)ccc(F)c1F. The van der Waals surface area contributed by atoms with E-state index in [1.54, 1.807) is 0 Å². The van der Waals surface area contributed by atoms with Crippen molar-refractivity contribution in [1.29, 1.82) is 0 Å². The number of nitrogens with zero attached hydrogens (tertiary/aromatic N) is 1. The lowest BCUT2D eigenvalue weighted by Gasteiger charge is -2.40. The lowest BCUT2D eigenvalue weighted by Crippen LogP contribution is -2.36. The molecule has 10 heteroatoms. The van der Waals surface area contributed by atoms with E-state index in [1.807, 2.05) is 0 Å². The Labute approximate surface area is 204 Å². The zero-order valence-corrected chi connectivity index (χ0v) is 20.5. The minimum Gasteiger partial charge on any atom is -0.493 e. The topological polar surface area (TPSA) is 111 Å². The highest BCUT2D eigenvalue weighted by molar-refractivity contribution is 7.89. The lowest BCUT2D eigenvalue weighted by atomic mass is 9.65. The van der Waals surface area contributed by atoms with Gasteiger partial charge in [-0.1, -0.05) is 38.2 Å². The van der Waals surface area contributed by atoms with Gasteiger partial charge in [0.25, 0.3) is 10.0 Å². The molecule has 1 aromatic carbocycles. The number of ether oxygens (including phenoxy) is 1. The van der Waals surface area contributed by atoms with Gasteiger partial charge in [0.1, 0.15) is 0 Å². The quantitative estimate of drug-likeness (QED) is 0.587. The van der Waals surface area contributed by atoms with Gasteiger partial charge in [-0.25, -0.2) is 22.9 Å². The number of amides is 1. The van der Waals surface area contributed by atoms with Crippen molar-refractivity contribution in [1.82, 2.24) is 4.98 Å². The standard InChI is InChI=1S/C25H31F2N3O4S/c1-34-24-18(9-10-21(26)23(24)27)20-13-16(15-5-3-2-4-6-15)7-8-19(20)25(31)30-17-11-12-29-22(14-17)35(28,32)33/h9-12,14-16,19-20H,2-8,13H2,1H3,(H2,28,32,33)(H,29,30,31). The number of carbonyl (C=O) groups excluding carboxylic acids is 1. The number of nitrogens with two attached hydrogens (primary N) is 1. The molecule has 0 spiro atoms. The number of nitrogens with one attached hydrogen (secondary N) is 1. The summed E-state index contributed by atoms with van der Waals surface area (Å²) in [6.45, 7) is 0. The van der Waals surface area contributed by atoms with Crippen LogP contribution in [0, 0.1) is 29.4 Å². The first-order chi connectivity index (χ1) is 16.7. The molecule has 2 saturated carbocycles. The molecule has 0 radical (unpaired) electrons. The number of aromatic nitrogens is 1. The first kappa shape index (κ1) is 25.5. The van der Waals surface area contributed by atoms with Gasteiger partial charge in [0.2, 0.25) is 11.7 Å². The number of anilines is 1. The summed E-state index contributed by atoms with van der Waals surface area (Å²) in [7, 11) is -2.74. The maximum atomic E-state index is 14.6. The molecule has 190 valence electrons. The molecule has 3 atom stereocenters. The van der Waals surface area contributed by atoms with E-state index in [2.05, 4.69) is 10.3 Å². The predicted octanol–water partition coefficient (Wildman–Crippen LogP) is 4.73. The van der Waals surface area contributed by atoms with Gasteiger partial charge < -0.3 is 10.1 Å². The zero-order chi connectivity index (χ0) is 25.2. The van der Waals surface area contributed by atoms with Crippen molar-refractivity contribution in [2.75, 3.05) is 12.4 Å². The van der Waals surface area contributed by atoms with Crippen LogP contribution in [0.5, 0.6) is 5.75 Å². The van der Waals surface area contributed by atoms with Gasteiger partial charge in [0, 0.05) is 29.4 Å². The second-order valence-corrected chi connectivity index (χ2v) is 11.1. The molecule has 4 rings (SSSR count). The van der Waals surface area contributed by atoms with Gasteiger partial charge in [0.15, 0.2) is 16.6 Å². The predicted molar refractivity (Wildman–Crippen MR) is 127 cm³/mol. The molecular formula is C25H31F2N3O4S. The number of methoxy groups -OCH3 is 1. The average Bonchev–Trinajstić information content (AvgIpc) is 2.85. The third-order valence-electron chi connectivity index (χ3n) is 7.52. The first-order valence-corrected chi connectivity index (χ1v) is 13.5. The van der Waals surface area contributed by atoms with Crippen molar-refractivity contribution < 1.29 is 26.7 Å². The monoisotopic (exact) mass is 507 g/mol. The van der Waals surface area contributed by atoms with Gasteiger partial charge >= 0.3 is 0 Å². The smallest absolute Gasteiger partial charge is 0.255 e. The Kier molecular flexibility index (Phi) is 7.70. The van der Waals surface area contributed by atoms with Gasteiger partial charge in [-0.2, -0.15) is 4.39 Å².